The molecule has 0 bridgehead atoms. The molecule has 2 aromatic heterocycles. The topological polar surface area (TPSA) is 131 Å². The van der Waals surface area contributed by atoms with Gasteiger partial charge in [0, 0.05) is 29.1 Å². The fourth-order valence-electron chi connectivity index (χ4n) is 3.67. The largest absolute Gasteiger partial charge is 0.490 e. The molecule has 0 unspecified atom stereocenters. The first-order chi connectivity index (χ1) is 16.2. The first-order valence-corrected chi connectivity index (χ1v) is 11.3. The number of carbonyl (C=O) groups is 1. The lowest BCUT2D eigenvalue weighted by atomic mass is 10.1. The summed E-state index contributed by atoms with van der Waals surface area (Å²) in [5, 5.41) is 29.6. The average Bonchev–Trinajstić information content (AvgIpc) is 3.26. The van der Waals surface area contributed by atoms with Crippen LogP contribution in [0.4, 0.5) is 0 Å². The molecule has 0 aliphatic rings. The van der Waals surface area contributed by atoms with Gasteiger partial charge in [-0.1, -0.05) is 13.8 Å². The van der Waals surface area contributed by atoms with E-state index < -0.39 is 18.6 Å². The van der Waals surface area contributed by atoms with Crippen LogP contribution in [0.3, 0.4) is 0 Å². The third-order valence-electron chi connectivity index (χ3n) is 5.10. The lowest BCUT2D eigenvalue weighted by molar-refractivity contribution is -0.124. The zero-order chi connectivity index (χ0) is 24.8. The minimum Gasteiger partial charge on any atom is -0.490 e. The number of hydrogen-bond donors (Lipinski definition) is 3. The number of nitrogens with one attached hydrogen (secondary N) is 1. The van der Waals surface area contributed by atoms with Crippen LogP contribution < -0.4 is 10.1 Å². The van der Waals surface area contributed by atoms with E-state index in [2.05, 4.69) is 34.3 Å². The summed E-state index contributed by atoms with van der Waals surface area (Å²) < 4.78 is 11.8. The number of carbonyl (C=O) groups excluding carboxylic acids is 1. The molecule has 3 aromatic rings. The van der Waals surface area contributed by atoms with E-state index in [0.717, 1.165) is 40.1 Å². The van der Waals surface area contributed by atoms with Crippen LogP contribution >= 0.6 is 0 Å². The summed E-state index contributed by atoms with van der Waals surface area (Å²) in [6.45, 7) is 9.43. The third kappa shape index (κ3) is 6.61. The molecule has 182 valence electrons. The molecule has 0 spiro atoms. The highest BCUT2D eigenvalue weighted by Gasteiger charge is 2.16. The number of nitrogens with zero attached hydrogens (tertiary/aromatic N) is 3. The zero-order valence-corrected chi connectivity index (χ0v) is 20.3. The quantitative estimate of drug-likeness (QED) is 0.414. The molecule has 1 atom stereocenters. The highest BCUT2D eigenvalue weighted by atomic mass is 16.5. The Hall–Kier alpha value is -3.30. The second-order valence-electron chi connectivity index (χ2n) is 8.87. The predicted octanol–water partition coefficient (Wildman–Crippen LogP) is 2.77. The van der Waals surface area contributed by atoms with Crippen LogP contribution in [0.2, 0.25) is 0 Å². The predicted molar refractivity (Wildman–Crippen MR) is 127 cm³/mol. The number of aryl methyl sites for hydroxylation is 3. The number of ether oxygens (including phenoxy) is 1. The maximum absolute atomic E-state index is 11.1. The third-order valence-corrected chi connectivity index (χ3v) is 5.10. The molecule has 9 heteroatoms. The second-order valence-corrected chi connectivity index (χ2v) is 8.87. The van der Waals surface area contributed by atoms with E-state index in [1.807, 2.05) is 45.0 Å². The van der Waals surface area contributed by atoms with Gasteiger partial charge in [-0.2, -0.15) is 0 Å². The Morgan fingerprint density at radius 1 is 1.06 bits per heavy atom. The van der Waals surface area contributed by atoms with Crippen molar-refractivity contribution in [2.45, 2.75) is 47.1 Å². The van der Waals surface area contributed by atoms with Crippen molar-refractivity contribution in [2.75, 3.05) is 19.8 Å². The summed E-state index contributed by atoms with van der Waals surface area (Å²) in [6.07, 6.45) is -0.0326. The lowest BCUT2D eigenvalue weighted by Gasteiger charge is -2.16. The van der Waals surface area contributed by atoms with E-state index in [1.54, 1.807) is 0 Å². The van der Waals surface area contributed by atoms with E-state index in [4.69, 9.17) is 14.3 Å². The molecule has 0 aliphatic heterocycles. The molecule has 34 heavy (non-hydrogen) atoms. The first-order valence-electron chi connectivity index (χ1n) is 11.3. The molecule has 2 heterocycles. The van der Waals surface area contributed by atoms with Crippen molar-refractivity contribution < 1.29 is 24.2 Å². The minimum atomic E-state index is -0.906. The Balaban J connectivity index is 1.75. The van der Waals surface area contributed by atoms with Gasteiger partial charge in [-0.25, -0.2) is 0 Å². The van der Waals surface area contributed by atoms with Gasteiger partial charge in [-0.15, -0.1) is 10.2 Å². The summed E-state index contributed by atoms with van der Waals surface area (Å²) in [4.78, 5) is 15.7. The van der Waals surface area contributed by atoms with Crippen LogP contribution in [0.15, 0.2) is 28.7 Å². The van der Waals surface area contributed by atoms with Gasteiger partial charge in [0.2, 0.25) is 17.7 Å². The van der Waals surface area contributed by atoms with Crippen LogP contribution in [0, 0.1) is 26.7 Å². The molecular weight excluding hydrogens is 436 g/mol. The van der Waals surface area contributed by atoms with Gasteiger partial charge in [0.05, 0.1) is 0 Å². The fourth-order valence-corrected chi connectivity index (χ4v) is 3.67. The Labute approximate surface area is 199 Å². The number of rotatable bonds is 10. The monoisotopic (exact) mass is 468 g/mol. The fraction of sp³-hybridized carbons (Fsp3) is 0.440. The van der Waals surface area contributed by atoms with Crippen LogP contribution in [-0.4, -0.2) is 57.2 Å². The summed E-state index contributed by atoms with van der Waals surface area (Å²) in [5.41, 5.74) is 5.21. The average molecular weight is 469 g/mol. The Kier molecular flexibility index (Phi) is 8.36. The highest BCUT2D eigenvalue weighted by Crippen LogP contribution is 2.31. The second kappa shape index (κ2) is 11.2. The minimum absolute atomic E-state index is 0.00244. The van der Waals surface area contributed by atoms with Crippen molar-refractivity contribution in [1.29, 1.82) is 0 Å². The number of aliphatic hydroxyl groups excluding tert-OH is 2. The molecule has 1 aromatic carbocycles. The van der Waals surface area contributed by atoms with Crippen molar-refractivity contribution in [3.05, 3.63) is 46.8 Å². The number of pyridine rings is 1. The van der Waals surface area contributed by atoms with Gasteiger partial charge >= 0.3 is 0 Å². The Morgan fingerprint density at radius 3 is 2.26 bits per heavy atom. The number of amides is 1. The SMILES string of the molecule is Cc1cc(-c2nnc(-c3cc(C)c(OC[C@H](O)CNC(=O)CO)c(C)c3)o2)cc(CC(C)C)n1. The van der Waals surface area contributed by atoms with E-state index in [-0.39, 0.29) is 13.2 Å². The standard InChI is InChI=1S/C25H32N4O5/c1-14(2)6-20-10-19(9-17(5)27-20)25-29-28-24(34-25)18-7-15(3)23(16(4)8-18)33-13-21(31)11-26-22(32)12-30/h7-10,14,21,30-31H,6,11-13H2,1-5H3,(H,26,32)/t21-/m1/s1. The zero-order valence-electron chi connectivity index (χ0n) is 20.3. The molecule has 9 nitrogen and oxygen atoms in total. The van der Waals surface area contributed by atoms with E-state index >= 15 is 0 Å². The summed E-state index contributed by atoms with van der Waals surface area (Å²) >= 11 is 0. The van der Waals surface area contributed by atoms with E-state index in [0.29, 0.717) is 23.4 Å². The molecule has 3 rings (SSSR count). The highest BCUT2D eigenvalue weighted by molar-refractivity contribution is 5.76. The summed E-state index contributed by atoms with van der Waals surface area (Å²) in [5.74, 6) is 1.42. The van der Waals surface area contributed by atoms with Gasteiger partial charge < -0.3 is 24.7 Å². The Bertz CT molecular complexity index is 1120. The maximum atomic E-state index is 11.1. The van der Waals surface area contributed by atoms with Crippen molar-refractivity contribution in [2.24, 2.45) is 5.92 Å². The molecule has 0 fully saturated rings. The first kappa shape index (κ1) is 25.3. The van der Waals surface area contributed by atoms with Crippen LogP contribution in [-0.2, 0) is 11.2 Å². The molecular formula is C25H32N4O5. The molecule has 3 N–H and O–H groups in total. The van der Waals surface area contributed by atoms with Crippen molar-refractivity contribution in [3.63, 3.8) is 0 Å². The molecule has 1 amide bonds. The number of aromatic nitrogens is 3. The van der Waals surface area contributed by atoms with Gasteiger partial charge in [0.25, 0.3) is 0 Å². The number of hydrogen-bond acceptors (Lipinski definition) is 8. The van der Waals surface area contributed by atoms with E-state index in [9.17, 15) is 9.90 Å². The summed E-state index contributed by atoms with van der Waals surface area (Å²) in [7, 11) is 0. The van der Waals surface area contributed by atoms with Crippen molar-refractivity contribution in [3.8, 4) is 28.7 Å². The normalized spacial score (nSPS) is 12.1. The maximum Gasteiger partial charge on any atom is 0.248 e. The van der Waals surface area contributed by atoms with Gasteiger partial charge in [0.15, 0.2) is 0 Å². The molecule has 0 aliphatic carbocycles. The summed E-state index contributed by atoms with van der Waals surface area (Å²) in [6, 6.07) is 7.71. The van der Waals surface area contributed by atoms with Crippen LogP contribution in [0.25, 0.3) is 22.9 Å². The number of aliphatic hydroxyl groups is 2. The van der Waals surface area contributed by atoms with Gasteiger partial charge in [0.1, 0.15) is 25.1 Å². The molecule has 0 radical (unpaired) electrons. The molecule has 0 saturated carbocycles. The van der Waals surface area contributed by atoms with Crippen molar-refractivity contribution in [1.82, 2.24) is 20.5 Å². The molecule has 0 saturated heterocycles. The van der Waals surface area contributed by atoms with Crippen molar-refractivity contribution >= 4 is 5.91 Å². The smallest absolute Gasteiger partial charge is 0.248 e. The van der Waals surface area contributed by atoms with Gasteiger partial charge in [-0.3, -0.25) is 9.78 Å². The van der Waals surface area contributed by atoms with Gasteiger partial charge in [-0.05, 0) is 68.5 Å². The van der Waals surface area contributed by atoms with Crippen LogP contribution in [0.5, 0.6) is 5.75 Å². The van der Waals surface area contributed by atoms with E-state index in [1.165, 1.54) is 0 Å². The van der Waals surface area contributed by atoms with Crippen LogP contribution in [0.1, 0.15) is 36.4 Å². The number of benzene rings is 1. The Morgan fingerprint density at radius 2 is 1.68 bits per heavy atom. The lowest BCUT2D eigenvalue weighted by Crippen LogP contribution is -2.36.